The maximum Gasteiger partial charge on any atom is 0.196 e. The molecule has 15 heavy (non-hydrogen) atoms. The number of halogens is 4. The van der Waals surface area contributed by atoms with Crippen LogP contribution >= 0.6 is 11.6 Å². The van der Waals surface area contributed by atoms with E-state index < -0.39 is 23.6 Å². The van der Waals surface area contributed by atoms with Gasteiger partial charge in [0.2, 0.25) is 0 Å². The fourth-order valence-corrected chi connectivity index (χ4v) is 1.05. The lowest BCUT2D eigenvalue weighted by Crippen LogP contribution is -2.21. The number of aliphatic hydroxyl groups excluding tert-OH is 1. The first-order valence-corrected chi connectivity index (χ1v) is 4.71. The van der Waals surface area contributed by atoms with Crippen LogP contribution in [-0.4, -0.2) is 23.6 Å². The standard InChI is InChI=1S/C9H9ClF3NO/c10-3-5(15)4-14-7-2-1-6(11)8(12)9(7)13/h1-2,5,14-15H,3-4H2. The molecular formula is C9H9ClF3NO. The molecule has 0 fully saturated rings. The summed E-state index contributed by atoms with van der Waals surface area (Å²) < 4.78 is 38.3. The van der Waals surface area contributed by atoms with Gasteiger partial charge in [0.25, 0.3) is 0 Å². The molecule has 0 bridgehead atoms. The summed E-state index contributed by atoms with van der Waals surface area (Å²) in [6.07, 6.45) is -0.876. The van der Waals surface area contributed by atoms with Crippen LogP contribution in [0.2, 0.25) is 0 Å². The molecule has 1 aromatic carbocycles. The Bertz CT molecular complexity index is 348. The zero-order valence-electron chi connectivity index (χ0n) is 7.61. The third kappa shape index (κ3) is 3.00. The monoisotopic (exact) mass is 239 g/mol. The SMILES string of the molecule is OC(CCl)CNc1ccc(F)c(F)c1F. The number of aliphatic hydroxyl groups is 1. The molecule has 0 saturated carbocycles. The van der Waals surface area contributed by atoms with Crippen molar-refractivity contribution in [2.24, 2.45) is 0 Å². The largest absolute Gasteiger partial charge is 0.390 e. The molecule has 84 valence electrons. The molecule has 0 amide bonds. The molecule has 1 unspecified atom stereocenters. The van der Waals surface area contributed by atoms with E-state index >= 15 is 0 Å². The minimum absolute atomic E-state index is 0.0295. The highest BCUT2D eigenvalue weighted by atomic mass is 35.5. The number of nitrogens with one attached hydrogen (secondary N) is 1. The molecule has 0 aromatic heterocycles. The molecule has 1 aromatic rings. The first-order chi connectivity index (χ1) is 7.06. The van der Waals surface area contributed by atoms with Gasteiger partial charge in [0.15, 0.2) is 17.5 Å². The highest BCUT2D eigenvalue weighted by molar-refractivity contribution is 6.18. The number of hydrogen-bond acceptors (Lipinski definition) is 2. The van der Waals surface area contributed by atoms with E-state index in [0.29, 0.717) is 0 Å². The first kappa shape index (κ1) is 12.1. The Balaban J connectivity index is 2.74. The maximum absolute atomic E-state index is 13.0. The Morgan fingerprint density at radius 2 is 1.93 bits per heavy atom. The van der Waals surface area contributed by atoms with E-state index in [-0.39, 0.29) is 18.1 Å². The van der Waals surface area contributed by atoms with Crippen LogP contribution in [-0.2, 0) is 0 Å². The van der Waals surface area contributed by atoms with Gasteiger partial charge in [-0.1, -0.05) is 0 Å². The quantitative estimate of drug-likeness (QED) is 0.623. The van der Waals surface area contributed by atoms with Crippen LogP contribution < -0.4 is 5.32 Å². The average molecular weight is 240 g/mol. The molecule has 0 spiro atoms. The third-order valence-corrected chi connectivity index (χ3v) is 2.10. The van der Waals surface area contributed by atoms with Crippen molar-refractivity contribution < 1.29 is 18.3 Å². The van der Waals surface area contributed by atoms with Crippen molar-refractivity contribution in [1.29, 1.82) is 0 Å². The summed E-state index contributed by atoms with van der Waals surface area (Å²) in [5, 5.41) is 11.5. The minimum atomic E-state index is -1.54. The normalized spacial score (nSPS) is 12.6. The Labute approximate surface area is 89.7 Å². The van der Waals surface area contributed by atoms with Crippen molar-refractivity contribution in [3.8, 4) is 0 Å². The van der Waals surface area contributed by atoms with E-state index in [2.05, 4.69) is 5.32 Å². The fourth-order valence-electron chi connectivity index (χ4n) is 0.945. The van der Waals surface area contributed by atoms with E-state index in [0.717, 1.165) is 12.1 Å². The van der Waals surface area contributed by atoms with Crippen LogP contribution in [0, 0.1) is 17.5 Å². The van der Waals surface area contributed by atoms with Gasteiger partial charge in [0, 0.05) is 6.54 Å². The third-order valence-electron chi connectivity index (χ3n) is 1.74. The second kappa shape index (κ2) is 5.23. The molecule has 0 aliphatic heterocycles. The first-order valence-electron chi connectivity index (χ1n) is 4.17. The molecule has 0 saturated heterocycles. The molecule has 0 heterocycles. The highest BCUT2D eigenvalue weighted by Crippen LogP contribution is 2.19. The van der Waals surface area contributed by atoms with E-state index in [1.807, 2.05) is 0 Å². The van der Waals surface area contributed by atoms with Gasteiger partial charge in [0.05, 0.1) is 17.7 Å². The van der Waals surface area contributed by atoms with Gasteiger partial charge in [0.1, 0.15) is 0 Å². The molecule has 0 radical (unpaired) electrons. The van der Waals surface area contributed by atoms with Crippen LogP contribution in [0.15, 0.2) is 12.1 Å². The van der Waals surface area contributed by atoms with Crippen molar-refractivity contribution in [1.82, 2.24) is 0 Å². The summed E-state index contributed by atoms with van der Waals surface area (Å²) in [4.78, 5) is 0. The Morgan fingerprint density at radius 3 is 2.53 bits per heavy atom. The van der Waals surface area contributed by atoms with Gasteiger partial charge < -0.3 is 10.4 Å². The Morgan fingerprint density at radius 1 is 1.27 bits per heavy atom. The van der Waals surface area contributed by atoms with Crippen LogP contribution in [0.1, 0.15) is 0 Å². The van der Waals surface area contributed by atoms with Gasteiger partial charge in [-0.2, -0.15) is 0 Å². The van der Waals surface area contributed by atoms with E-state index in [4.69, 9.17) is 16.7 Å². The zero-order chi connectivity index (χ0) is 11.4. The van der Waals surface area contributed by atoms with Gasteiger partial charge in [-0.15, -0.1) is 11.6 Å². The van der Waals surface area contributed by atoms with Crippen LogP contribution in [0.4, 0.5) is 18.9 Å². The second-order valence-electron chi connectivity index (χ2n) is 2.91. The predicted octanol–water partition coefficient (Wildman–Crippen LogP) is 2.12. The van der Waals surface area contributed by atoms with Crippen molar-refractivity contribution in [2.45, 2.75) is 6.10 Å². The van der Waals surface area contributed by atoms with E-state index in [9.17, 15) is 13.2 Å². The average Bonchev–Trinajstić information content (AvgIpc) is 2.24. The van der Waals surface area contributed by atoms with Crippen molar-refractivity contribution >= 4 is 17.3 Å². The second-order valence-corrected chi connectivity index (χ2v) is 3.22. The van der Waals surface area contributed by atoms with Crippen molar-refractivity contribution in [3.05, 3.63) is 29.6 Å². The fraction of sp³-hybridized carbons (Fsp3) is 0.333. The number of rotatable bonds is 4. The van der Waals surface area contributed by atoms with Crippen molar-refractivity contribution in [2.75, 3.05) is 17.7 Å². The van der Waals surface area contributed by atoms with E-state index in [1.54, 1.807) is 0 Å². The molecule has 0 aliphatic carbocycles. The smallest absolute Gasteiger partial charge is 0.196 e. The van der Waals surface area contributed by atoms with Gasteiger partial charge in [-0.05, 0) is 12.1 Å². The number of hydrogen-bond donors (Lipinski definition) is 2. The molecule has 0 aliphatic rings. The maximum atomic E-state index is 13.0. The topological polar surface area (TPSA) is 32.3 Å². The lowest BCUT2D eigenvalue weighted by atomic mass is 10.2. The lowest BCUT2D eigenvalue weighted by molar-refractivity contribution is 0.211. The molecule has 6 heteroatoms. The van der Waals surface area contributed by atoms with Crippen molar-refractivity contribution in [3.63, 3.8) is 0 Å². The van der Waals surface area contributed by atoms with Gasteiger partial charge in [-0.3, -0.25) is 0 Å². The Hall–Kier alpha value is -0.940. The lowest BCUT2D eigenvalue weighted by Gasteiger charge is -2.10. The zero-order valence-corrected chi connectivity index (χ0v) is 8.36. The molecular weight excluding hydrogens is 231 g/mol. The predicted molar refractivity (Wildman–Crippen MR) is 51.5 cm³/mol. The minimum Gasteiger partial charge on any atom is -0.390 e. The van der Waals surface area contributed by atoms with Crippen LogP contribution in [0.25, 0.3) is 0 Å². The summed E-state index contributed by atoms with van der Waals surface area (Å²) >= 11 is 5.30. The highest BCUT2D eigenvalue weighted by Gasteiger charge is 2.13. The summed E-state index contributed by atoms with van der Waals surface area (Å²) in [5.74, 6) is -4.13. The van der Waals surface area contributed by atoms with E-state index in [1.165, 1.54) is 0 Å². The Kier molecular flexibility index (Phi) is 4.23. The molecule has 1 atom stereocenters. The number of anilines is 1. The molecule has 2 nitrogen and oxygen atoms in total. The van der Waals surface area contributed by atoms with Crippen LogP contribution in [0.3, 0.4) is 0 Å². The molecule has 2 N–H and O–H groups in total. The summed E-state index contributed by atoms with van der Waals surface area (Å²) in [6, 6.07) is 1.85. The van der Waals surface area contributed by atoms with Crippen LogP contribution in [0.5, 0.6) is 0 Å². The summed E-state index contributed by atoms with van der Waals surface area (Å²) in [7, 11) is 0. The van der Waals surface area contributed by atoms with Gasteiger partial charge >= 0.3 is 0 Å². The summed E-state index contributed by atoms with van der Waals surface area (Å²) in [5.41, 5.74) is -0.210. The molecule has 1 rings (SSSR count). The number of benzene rings is 1. The van der Waals surface area contributed by atoms with Gasteiger partial charge in [-0.25, -0.2) is 13.2 Å². The number of alkyl halides is 1. The summed E-state index contributed by atoms with van der Waals surface area (Å²) in [6.45, 7) is -0.0362.